The fraction of sp³-hybridized carbons (Fsp3) is 0.381. The Kier molecular flexibility index (Phi) is 4.91. The highest BCUT2D eigenvalue weighted by Crippen LogP contribution is 2.45. The number of thioether (sulfide) groups is 1. The van der Waals surface area contributed by atoms with Crippen molar-refractivity contribution in [3.8, 4) is 0 Å². The molecule has 1 amide bonds. The number of hydrogen-bond donors (Lipinski definition) is 1. The van der Waals surface area contributed by atoms with Gasteiger partial charge in [0.2, 0.25) is 5.91 Å². The smallest absolute Gasteiger partial charge is 0.352 e. The molecule has 27 heavy (non-hydrogen) atoms. The molecule has 1 saturated carbocycles. The van der Waals surface area contributed by atoms with Crippen LogP contribution in [0.1, 0.15) is 24.8 Å². The van der Waals surface area contributed by atoms with Crippen LogP contribution >= 0.6 is 11.8 Å². The third-order valence-electron chi connectivity index (χ3n) is 5.19. The van der Waals surface area contributed by atoms with E-state index >= 15 is 0 Å². The van der Waals surface area contributed by atoms with E-state index in [1.165, 1.54) is 4.90 Å². The van der Waals surface area contributed by atoms with Crippen LogP contribution in [0.3, 0.4) is 0 Å². The summed E-state index contributed by atoms with van der Waals surface area (Å²) in [5, 5.41) is 9.38. The molecule has 1 N–H and O–H groups in total. The molecule has 2 fully saturated rings. The molecule has 2 unspecified atom stereocenters. The van der Waals surface area contributed by atoms with Gasteiger partial charge in [-0.15, -0.1) is 11.8 Å². The number of benzene rings is 1. The maximum atomic E-state index is 12.6. The molecule has 1 aromatic carbocycles. The molecule has 3 aliphatic rings. The van der Waals surface area contributed by atoms with Gasteiger partial charge in [0.05, 0.1) is 11.3 Å². The fourth-order valence-electron chi connectivity index (χ4n) is 3.59. The molecule has 0 aromatic heterocycles. The second-order valence-corrected chi connectivity index (χ2v) is 8.40. The van der Waals surface area contributed by atoms with E-state index in [0.717, 1.165) is 18.4 Å². The first kappa shape index (κ1) is 18.0. The van der Waals surface area contributed by atoms with Gasteiger partial charge in [-0.2, -0.15) is 0 Å². The second-order valence-electron chi connectivity index (χ2n) is 7.30. The summed E-state index contributed by atoms with van der Waals surface area (Å²) in [6, 6.07) is 9.46. The molecule has 5 nitrogen and oxygen atoms in total. The predicted molar refractivity (Wildman–Crippen MR) is 103 cm³/mol. The molecule has 0 radical (unpaired) electrons. The number of carbonyl (C=O) groups excluding carboxylic acids is 2. The van der Waals surface area contributed by atoms with Gasteiger partial charge in [-0.05, 0) is 29.9 Å². The Bertz CT molecular complexity index is 841. The van der Waals surface area contributed by atoms with Crippen LogP contribution in [-0.4, -0.2) is 38.8 Å². The number of carboxylic acids is 1. The van der Waals surface area contributed by atoms with Crippen molar-refractivity contribution in [2.75, 3.05) is 5.75 Å². The van der Waals surface area contributed by atoms with E-state index in [1.54, 1.807) is 11.8 Å². The van der Waals surface area contributed by atoms with Crippen LogP contribution in [0.15, 0.2) is 53.8 Å². The Morgan fingerprint density at radius 3 is 2.63 bits per heavy atom. The van der Waals surface area contributed by atoms with Gasteiger partial charge in [0.15, 0.2) is 0 Å². The van der Waals surface area contributed by atoms with Crippen molar-refractivity contribution in [1.82, 2.24) is 4.90 Å². The van der Waals surface area contributed by atoms with Crippen molar-refractivity contribution < 1.29 is 19.5 Å². The van der Waals surface area contributed by atoms with Crippen molar-refractivity contribution >= 4 is 29.4 Å². The third-order valence-corrected chi connectivity index (χ3v) is 6.55. The van der Waals surface area contributed by atoms with Gasteiger partial charge in [0, 0.05) is 18.6 Å². The Morgan fingerprint density at radius 2 is 1.96 bits per heavy atom. The minimum Gasteiger partial charge on any atom is -0.477 e. The summed E-state index contributed by atoms with van der Waals surface area (Å²) < 4.78 is 0. The number of ketones is 1. The first-order valence-electron chi connectivity index (χ1n) is 9.19. The lowest BCUT2D eigenvalue weighted by Crippen LogP contribution is -2.61. The van der Waals surface area contributed by atoms with E-state index in [2.05, 4.69) is 0 Å². The standard InChI is InChI=1S/C21H21NO4S/c23-16(10-14-4-2-1-3-5-14)11-17-19(24)22-18(21(25)26)15(12-27-20(17)22)9-8-13-6-7-13/h1-5,8-9,13,17,20H,6-7,10-12H2,(H,25,26)/b9-8+. The predicted octanol–water partition coefficient (Wildman–Crippen LogP) is 3.02. The Hall–Kier alpha value is -2.34. The van der Waals surface area contributed by atoms with E-state index < -0.39 is 11.9 Å². The number of carboxylic acid groups (broad SMARTS) is 1. The van der Waals surface area contributed by atoms with Gasteiger partial charge in [0.1, 0.15) is 11.5 Å². The van der Waals surface area contributed by atoms with E-state index in [1.807, 2.05) is 42.5 Å². The number of hydrogen-bond acceptors (Lipinski definition) is 4. The quantitative estimate of drug-likeness (QED) is 0.733. The zero-order chi connectivity index (χ0) is 19.0. The molecule has 6 heteroatoms. The lowest BCUT2D eigenvalue weighted by atomic mass is 9.89. The molecule has 1 aromatic rings. The number of fused-ring (bicyclic) bond motifs is 1. The maximum Gasteiger partial charge on any atom is 0.352 e. The summed E-state index contributed by atoms with van der Waals surface area (Å²) in [4.78, 5) is 38.2. The number of Topliss-reactive ketones (excluding diaryl/α,β-unsaturated/α-hetero) is 1. The monoisotopic (exact) mass is 383 g/mol. The summed E-state index contributed by atoms with van der Waals surface area (Å²) in [7, 11) is 0. The number of carbonyl (C=O) groups is 3. The number of allylic oxidation sites excluding steroid dienone is 2. The van der Waals surface area contributed by atoms with Crippen LogP contribution in [0.5, 0.6) is 0 Å². The Morgan fingerprint density at radius 1 is 1.22 bits per heavy atom. The van der Waals surface area contributed by atoms with Crippen molar-refractivity contribution in [3.05, 3.63) is 59.3 Å². The topological polar surface area (TPSA) is 74.7 Å². The summed E-state index contributed by atoms with van der Waals surface area (Å²) in [6.45, 7) is 0. The fourth-order valence-corrected chi connectivity index (χ4v) is 4.97. The average molecular weight is 383 g/mol. The minimum atomic E-state index is -1.07. The Labute approximate surface area is 162 Å². The summed E-state index contributed by atoms with van der Waals surface area (Å²) in [6.07, 6.45) is 6.68. The normalized spacial score (nSPS) is 24.7. The Balaban J connectivity index is 1.45. The largest absolute Gasteiger partial charge is 0.477 e. The SMILES string of the molecule is O=C(Cc1ccccc1)CC1C(=O)N2C(C(=O)O)=C(/C=C/C3CC3)CSC12. The van der Waals surface area contributed by atoms with Gasteiger partial charge >= 0.3 is 5.97 Å². The number of rotatable bonds is 7. The van der Waals surface area contributed by atoms with Crippen LogP contribution in [0.2, 0.25) is 0 Å². The molecular weight excluding hydrogens is 362 g/mol. The maximum absolute atomic E-state index is 12.6. The average Bonchev–Trinajstić information content (AvgIpc) is 3.48. The van der Waals surface area contributed by atoms with E-state index in [-0.39, 0.29) is 29.2 Å². The summed E-state index contributed by atoms with van der Waals surface area (Å²) >= 11 is 1.55. The summed E-state index contributed by atoms with van der Waals surface area (Å²) in [5.41, 5.74) is 1.71. The summed E-state index contributed by atoms with van der Waals surface area (Å²) in [5.74, 6) is -0.621. The lowest BCUT2D eigenvalue weighted by Gasteiger charge is -2.49. The number of nitrogens with zero attached hydrogens (tertiary/aromatic N) is 1. The van der Waals surface area contributed by atoms with Crippen molar-refractivity contribution in [1.29, 1.82) is 0 Å². The minimum absolute atomic E-state index is 0.0140. The van der Waals surface area contributed by atoms with Gasteiger partial charge in [-0.3, -0.25) is 14.5 Å². The zero-order valence-corrected chi connectivity index (χ0v) is 15.7. The van der Waals surface area contributed by atoms with Crippen molar-refractivity contribution in [2.24, 2.45) is 11.8 Å². The van der Waals surface area contributed by atoms with Gasteiger partial charge in [-0.25, -0.2) is 4.79 Å². The van der Waals surface area contributed by atoms with Gasteiger partial charge in [-0.1, -0.05) is 42.5 Å². The highest BCUT2D eigenvalue weighted by atomic mass is 32.2. The van der Waals surface area contributed by atoms with Crippen molar-refractivity contribution in [2.45, 2.75) is 31.1 Å². The molecular formula is C21H21NO4S. The van der Waals surface area contributed by atoms with Crippen LogP contribution in [-0.2, 0) is 20.8 Å². The van der Waals surface area contributed by atoms with Crippen LogP contribution in [0.4, 0.5) is 0 Å². The van der Waals surface area contributed by atoms with Crippen molar-refractivity contribution in [3.63, 3.8) is 0 Å². The third kappa shape index (κ3) is 3.72. The molecule has 1 saturated heterocycles. The molecule has 4 rings (SSSR count). The van der Waals surface area contributed by atoms with Crippen LogP contribution in [0.25, 0.3) is 0 Å². The van der Waals surface area contributed by atoms with Gasteiger partial charge < -0.3 is 5.11 Å². The first-order valence-corrected chi connectivity index (χ1v) is 10.2. The van der Waals surface area contributed by atoms with Crippen LogP contribution < -0.4 is 0 Å². The number of aliphatic carboxylic acids is 1. The van der Waals surface area contributed by atoms with Crippen LogP contribution in [0, 0.1) is 11.8 Å². The number of amides is 1. The molecule has 2 heterocycles. The highest BCUT2D eigenvalue weighted by molar-refractivity contribution is 8.00. The zero-order valence-electron chi connectivity index (χ0n) is 14.8. The number of β-lactam (4-membered cyclic amide) rings is 1. The van der Waals surface area contributed by atoms with E-state index in [4.69, 9.17) is 0 Å². The van der Waals surface area contributed by atoms with Gasteiger partial charge in [0.25, 0.3) is 0 Å². The highest BCUT2D eigenvalue weighted by Gasteiger charge is 2.53. The van der Waals surface area contributed by atoms with E-state index in [9.17, 15) is 19.5 Å². The molecule has 1 aliphatic carbocycles. The lowest BCUT2D eigenvalue weighted by molar-refractivity contribution is -0.153. The van der Waals surface area contributed by atoms with E-state index in [0.29, 0.717) is 23.7 Å². The molecule has 0 bridgehead atoms. The first-order chi connectivity index (χ1) is 13.0. The molecule has 2 aliphatic heterocycles. The molecule has 2 atom stereocenters. The molecule has 0 spiro atoms. The second kappa shape index (κ2) is 7.35. The molecule has 140 valence electrons.